The van der Waals surface area contributed by atoms with E-state index in [1.165, 1.54) is 82.4 Å². The van der Waals surface area contributed by atoms with Crippen molar-refractivity contribution < 1.29 is 0 Å². The first-order valence-corrected chi connectivity index (χ1v) is 11.8. The molecule has 2 aromatic carbocycles. The minimum Gasteiger partial charge on any atom is -0.354 e. The van der Waals surface area contributed by atoms with Crippen LogP contribution in [0.2, 0.25) is 0 Å². The minimum absolute atomic E-state index is 0.711. The molecule has 0 atom stereocenters. The van der Waals surface area contributed by atoms with Crippen molar-refractivity contribution in [2.24, 2.45) is 0 Å². The SMILES string of the molecule is CCC1=CCCc2c1sc1c(Nc3ccccc3C3CCCCC3)cccc21. The predicted molar refractivity (Wildman–Crippen MR) is 124 cm³/mol. The van der Waals surface area contributed by atoms with Gasteiger partial charge in [-0.25, -0.2) is 0 Å². The van der Waals surface area contributed by atoms with Gasteiger partial charge in [0.05, 0.1) is 10.4 Å². The van der Waals surface area contributed by atoms with E-state index in [1.807, 2.05) is 11.3 Å². The van der Waals surface area contributed by atoms with Gasteiger partial charge in [0, 0.05) is 10.6 Å². The zero-order valence-electron chi connectivity index (χ0n) is 16.8. The second-order valence-corrected chi connectivity index (χ2v) is 9.28. The van der Waals surface area contributed by atoms with Gasteiger partial charge in [-0.05, 0) is 72.2 Å². The monoisotopic (exact) mass is 387 g/mol. The lowest BCUT2D eigenvalue weighted by atomic mass is 9.83. The number of aryl methyl sites for hydroxylation is 1. The average Bonchev–Trinajstić information content (AvgIpc) is 3.15. The third kappa shape index (κ3) is 3.18. The van der Waals surface area contributed by atoms with Crippen LogP contribution in [0.25, 0.3) is 15.7 Å². The number of thiophene rings is 1. The van der Waals surface area contributed by atoms with Crippen LogP contribution in [0.15, 0.2) is 48.5 Å². The summed E-state index contributed by atoms with van der Waals surface area (Å²) in [5.41, 5.74) is 7.20. The van der Waals surface area contributed by atoms with Crippen molar-refractivity contribution in [1.82, 2.24) is 0 Å². The fourth-order valence-corrected chi connectivity index (χ4v) is 6.52. The Hall–Kier alpha value is -2.06. The highest BCUT2D eigenvalue weighted by molar-refractivity contribution is 7.21. The third-order valence-corrected chi connectivity index (χ3v) is 7.91. The van der Waals surface area contributed by atoms with E-state index >= 15 is 0 Å². The van der Waals surface area contributed by atoms with Gasteiger partial charge in [0.2, 0.25) is 0 Å². The number of hydrogen-bond donors (Lipinski definition) is 1. The number of rotatable bonds is 4. The Balaban J connectivity index is 1.55. The lowest BCUT2D eigenvalue weighted by Crippen LogP contribution is -2.07. The summed E-state index contributed by atoms with van der Waals surface area (Å²) in [4.78, 5) is 1.53. The van der Waals surface area contributed by atoms with Gasteiger partial charge < -0.3 is 5.32 Å². The van der Waals surface area contributed by atoms with E-state index in [9.17, 15) is 0 Å². The number of hydrogen-bond acceptors (Lipinski definition) is 2. The molecule has 0 spiro atoms. The van der Waals surface area contributed by atoms with E-state index in [4.69, 9.17) is 0 Å². The molecule has 3 aromatic rings. The molecule has 0 amide bonds. The number of nitrogens with one attached hydrogen (secondary N) is 1. The molecule has 0 unspecified atom stereocenters. The Bertz CT molecular complexity index is 1020. The van der Waals surface area contributed by atoms with Crippen molar-refractivity contribution in [3.8, 4) is 0 Å². The van der Waals surface area contributed by atoms with Gasteiger partial charge in [-0.1, -0.05) is 62.6 Å². The molecule has 1 N–H and O–H groups in total. The van der Waals surface area contributed by atoms with Crippen LogP contribution >= 0.6 is 11.3 Å². The first-order chi connectivity index (χ1) is 13.8. The maximum Gasteiger partial charge on any atom is 0.0587 e. The van der Waals surface area contributed by atoms with Crippen molar-refractivity contribution in [3.05, 3.63) is 64.5 Å². The van der Waals surface area contributed by atoms with Crippen LogP contribution in [0.3, 0.4) is 0 Å². The van der Waals surface area contributed by atoms with Crippen LogP contribution in [-0.4, -0.2) is 0 Å². The van der Waals surface area contributed by atoms with Gasteiger partial charge in [0.15, 0.2) is 0 Å². The van der Waals surface area contributed by atoms with Crippen LogP contribution in [0.4, 0.5) is 11.4 Å². The lowest BCUT2D eigenvalue weighted by molar-refractivity contribution is 0.444. The second-order valence-electron chi connectivity index (χ2n) is 8.26. The van der Waals surface area contributed by atoms with Crippen molar-refractivity contribution in [2.45, 2.75) is 64.2 Å². The molecule has 1 fully saturated rings. The van der Waals surface area contributed by atoms with E-state index in [2.05, 4.69) is 60.8 Å². The molecular formula is C26H29NS. The molecule has 1 saturated carbocycles. The maximum atomic E-state index is 3.85. The average molecular weight is 388 g/mol. The molecule has 2 aliphatic rings. The van der Waals surface area contributed by atoms with Crippen molar-refractivity contribution in [1.29, 1.82) is 0 Å². The Kier molecular flexibility index (Phi) is 4.98. The molecule has 28 heavy (non-hydrogen) atoms. The Morgan fingerprint density at radius 2 is 1.79 bits per heavy atom. The van der Waals surface area contributed by atoms with Crippen molar-refractivity contribution >= 4 is 38.4 Å². The predicted octanol–water partition coefficient (Wildman–Crippen LogP) is 8.43. The molecule has 5 rings (SSSR count). The van der Waals surface area contributed by atoms with Crippen molar-refractivity contribution in [2.75, 3.05) is 5.32 Å². The van der Waals surface area contributed by atoms with Crippen LogP contribution in [-0.2, 0) is 6.42 Å². The topological polar surface area (TPSA) is 12.0 Å². The summed E-state index contributed by atoms with van der Waals surface area (Å²) in [7, 11) is 0. The molecule has 0 bridgehead atoms. The Morgan fingerprint density at radius 3 is 2.64 bits per heavy atom. The molecule has 1 aromatic heterocycles. The first-order valence-electron chi connectivity index (χ1n) is 10.9. The van der Waals surface area contributed by atoms with E-state index in [1.54, 1.807) is 5.56 Å². The minimum atomic E-state index is 0.711. The van der Waals surface area contributed by atoms with Gasteiger partial charge >= 0.3 is 0 Å². The highest BCUT2D eigenvalue weighted by Gasteiger charge is 2.21. The summed E-state index contributed by atoms with van der Waals surface area (Å²) in [6, 6.07) is 15.8. The molecule has 144 valence electrons. The quantitative estimate of drug-likeness (QED) is 0.473. The van der Waals surface area contributed by atoms with Gasteiger partial charge in [-0.15, -0.1) is 11.3 Å². The van der Waals surface area contributed by atoms with Gasteiger partial charge in [-0.3, -0.25) is 0 Å². The van der Waals surface area contributed by atoms with Gasteiger partial charge in [0.25, 0.3) is 0 Å². The number of para-hydroxylation sites is 1. The standard InChI is InChI=1S/C26H29NS/c1-2-18-12-8-14-21-22-15-9-17-24(26(22)28-25(18)21)27-23-16-7-6-13-20(23)19-10-4-3-5-11-19/h6-7,9,12-13,15-17,19,27H,2-5,8,10-11,14H2,1H3. The van der Waals surface area contributed by atoms with E-state index in [-0.39, 0.29) is 0 Å². The zero-order chi connectivity index (χ0) is 18.9. The second kappa shape index (κ2) is 7.75. The number of allylic oxidation sites excluding steroid dienone is 2. The summed E-state index contributed by atoms with van der Waals surface area (Å²) in [6.45, 7) is 2.28. The molecule has 1 heterocycles. The molecule has 2 aliphatic carbocycles. The largest absolute Gasteiger partial charge is 0.354 e. The molecule has 2 heteroatoms. The number of benzene rings is 2. The smallest absolute Gasteiger partial charge is 0.0587 e. The normalized spacial score (nSPS) is 17.4. The summed E-state index contributed by atoms with van der Waals surface area (Å²) in [5, 5.41) is 5.30. The van der Waals surface area contributed by atoms with Gasteiger partial charge in [0.1, 0.15) is 0 Å². The zero-order valence-corrected chi connectivity index (χ0v) is 17.6. The van der Waals surface area contributed by atoms with E-state index in [0.717, 1.165) is 6.42 Å². The molecule has 0 radical (unpaired) electrons. The Labute approximate surface area is 172 Å². The number of fused-ring (bicyclic) bond motifs is 3. The van der Waals surface area contributed by atoms with E-state index in [0.29, 0.717) is 5.92 Å². The summed E-state index contributed by atoms with van der Waals surface area (Å²) in [5.74, 6) is 0.711. The molecular weight excluding hydrogens is 358 g/mol. The fraction of sp³-hybridized carbons (Fsp3) is 0.385. The first kappa shape index (κ1) is 18.0. The summed E-state index contributed by atoms with van der Waals surface area (Å²) in [6.07, 6.45) is 12.8. The summed E-state index contributed by atoms with van der Waals surface area (Å²) >= 11 is 1.99. The fourth-order valence-electron chi connectivity index (χ4n) is 5.09. The van der Waals surface area contributed by atoms with E-state index < -0.39 is 0 Å². The van der Waals surface area contributed by atoms with Crippen LogP contribution < -0.4 is 5.32 Å². The summed E-state index contributed by atoms with van der Waals surface area (Å²) < 4.78 is 1.42. The molecule has 0 aliphatic heterocycles. The van der Waals surface area contributed by atoms with Crippen LogP contribution in [0.1, 0.15) is 73.8 Å². The number of anilines is 2. The maximum absolute atomic E-state index is 3.85. The molecule has 1 nitrogen and oxygen atoms in total. The molecule has 0 saturated heterocycles. The highest BCUT2D eigenvalue weighted by atomic mass is 32.1. The van der Waals surface area contributed by atoms with Gasteiger partial charge in [-0.2, -0.15) is 0 Å². The third-order valence-electron chi connectivity index (χ3n) is 6.55. The lowest BCUT2D eigenvalue weighted by Gasteiger charge is -2.24. The van der Waals surface area contributed by atoms with Crippen LogP contribution in [0.5, 0.6) is 0 Å². The highest BCUT2D eigenvalue weighted by Crippen LogP contribution is 2.44. The Morgan fingerprint density at radius 1 is 0.964 bits per heavy atom. The van der Waals surface area contributed by atoms with Crippen LogP contribution in [0, 0.1) is 0 Å². The van der Waals surface area contributed by atoms with Crippen molar-refractivity contribution in [3.63, 3.8) is 0 Å².